The smallest absolute Gasteiger partial charge is 0.226 e. The summed E-state index contributed by atoms with van der Waals surface area (Å²) in [6, 6.07) is 0.0859. The monoisotopic (exact) mass is 360 g/mol. The van der Waals surface area contributed by atoms with Gasteiger partial charge in [0.1, 0.15) is 0 Å². The first kappa shape index (κ1) is 18.6. The summed E-state index contributed by atoms with van der Waals surface area (Å²) in [6.07, 6.45) is 1.76. The zero-order chi connectivity index (χ0) is 17.3. The van der Waals surface area contributed by atoms with Crippen LogP contribution in [0.15, 0.2) is 10.1 Å². The number of piperidine rings is 1. The number of halogens is 2. The van der Waals surface area contributed by atoms with Crippen LogP contribution in [-0.2, 0) is 9.59 Å². The first-order valence-electron chi connectivity index (χ1n) is 8.36. The van der Waals surface area contributed by atoms with Gasteiger partial charge in [-0.2, -0.15) is 0 Å². The van der Waals surface area contributed by atoms with Gasteiger partial charge < -0.3 is 9.80 Å². The molecule has 1 aliphatic carbocycles. The number of likely N-dealkylation sites (N-methyl/N-ethyl adjacent to an activating group) is 2. The van der Waals surface area contributed by atoms with Gasteiger partial charge in [0.05, 0.1) is 0 Å². The van der Waals surface area contributed by atoms with Gasteiger partial charge >= 0.3 is 0 Å². The quantitative estimate of drug-likeness (QED) is 0.773. The summed E-state index contributed by atoms with van der Waals surface area (Å²) in [5.41, 5.74) is 0. The minimum atomic E-state index is -0.141. The highest BCUT2D eigenvalue weighted by molar-refractivity contribution is 6.39. The molecular weight excluding hydrogens is 335 g/mol. The van der Waals surface area contributed by atoms with Crippen molar-refractivity contribution in [3.63, 3.8) is 0 Å². The molecule has 23 heavy (non-hydrogen) atoms. The fourth-order valence-corrected chi connectivity index (χ4v) is 4.19. The molecule has 1 aliphatic heterocycles. The topological polar surface area (TPSA) is 40.6 Å². The Morgan fingerprint density at radius 3 is 2.61 bits per heavy atom. The Morgan fingerprint density at radius 2 is 2.00 bits per heavy atom. The van der Waals surface area contributed by atoms with Crippen LogP contribution in [0, 0.1) is 17.8 Å². The molecule has 0 N–H and O–H groups in total. The lowest BCUT2D eigenvalue weighted by atomic mass is 9.76. The molecule has 4 unspecified atom stereocenters. The number of allylic oxidation sites excluding steroid dienone is 2. The molecule has 4 nitrogen and oxygen atoms in total. The lowest BCUT2D eigenvalue weighted by Crippen LogP contribution is -2.52. The number of hydrogen-bond acceptors (Lipinski definition) is 2. The van der Waals surface area contributed by atoms with Crippen LogP contribution in [0.4, 0.5) is 0 Å². The predicted octanol–water partition coefficient (Wildman–Crippen LogP) is 3.44. The first-order chi connectivity index (χ1) is 10.8. The van der Waals surface area contributed by atoms with Crippen molar-refractivity contribution in [3.05, 3.63) is 10.1 Å². The van der Waals surface area contributed by atoms with E-state index in [-0.39, 0.29) is 35.6 Å². The number of carbonyl (C=O) groups excluding carboxylic acids is 2. The molecule has 130 valence electrons. The number of hydrogen-bond donors (Lipinski definition) is 0. The van der Waals surface area contributed by atoms with E-state index in [0.717, 1.165) is 6.42 Å². The number of rotatable bonds is 3. The maximum atomic E-state index is 13.0. The summed E-state index contributed by atoms with van der Waals surface area (Å²) in [6.45, 7) is 7.37. The molecule has 6 heteroatoms. The average molecular weight is 361 g/mol. The molecule has 0 aromatic rings. The van der Waals surface area contributed by atoms with Crippen molar-refractivity contribution in [1.29, 1.82) is 0 Å². The van der Waals surface area contributed by atoms with E-state index in [1.165, 1.54) is 0 Å². The first-order valence-corrected chi connectivity index (χ1v) is 9.11. The van der Waals surface area contributed by atoms with Crippen LogP contribution < -0.4 is 0 Å². The van der Waals surface area contributed by atoms with Crippen molar-refractivity contribution < 1.29 is 9.59 Å². The standard InChI is InChI=1S/C17H26Cl2N2O2/c1-5-21-9-12(6-7-15(21)22)20(4)17(23)13-8-14(18)16(19)11(3)10(13)2/h10-13H,5-9H2,1-4H3. The van der Waals surface area contributed by atoms with Crippen LogP contribution in [0.1, 0.15) is 40.0 Å². The van der Waals surface area contributed by atoms with Gasteiger partial charge in [0.15, 0.2) is 0 Å². The average Bonchev–Trinajstić information content (AvgIpc) is 2.55. The summed E-state index contributed by atoms with van der Waals surface area (Å²) in [4.78, 5) is 28.5. The molecule has 0 aromatic carbocycles. The molecule has 0 bridgehead atoms. The Hall–Kier alpha value is -0.740. The second kappa shape index (κ2) is 7.43. The van der Waals surface area contributed by atoms with Crippen LogP contribution in [-0.4, -0.2) is 47.8 Å². The molecule has 2 amide bonds. The van der Waals surface area contributed by atoms with Crippen molar-refractivity contribution in [2.24, 2.45) is 17.8 Å². The Kier molecular flexibility index (Phi) is 6.01. The molecular formula is C17H26Cl2N2O2. The maximum absolute atomic E-state index is 13.0. The lowest BCUT2D eigenvalue weighted by Gasteiger charge is -2.41. The predicted molar refractivity (Wildman–Crippen MR) is 93.2 cm³/mol. The van der Waals surface area contributed by atoms with E-state index < -0.39 is 0 Å². The molecule has 1 fully saturated rings. The molecule has 2 rings (SSSR count). The molecule has 1 saturated heterocycles. The summed E-state index contributed by atoms with van der Waals surface area (Å²) in [5, 5.41) is 1.30. The fourth-order valence-electron chi connectivity index (χ4n) is 3.57. The molecule has 2 aliphatic rings. The minimum Gasteiger partial charge on any atom is -0.341 e. The molecule has 0 aromatic heterocycles. The van der Waals surface area contributed by atoms with E-state index in [1.807, 2.05) is 30.7 Å². The highest BCUT2D eigenvalue weighted by Gasteiger charge is 2.39. The number of nitrogens with zero attached hydrogens (tertiary/aromatic N) is 2. The van der Waals surface area contributed by atoms with Crippen molar-refractivity contribution >= 4 is 35.0 Å². The van der Waals surface area contributed by atoms with E-state index >= 15 is 0 Å². The molecule has 0 saturated carbocycles. The highest BCUT2D eigenvalue weighted by atomic mass is 35.5. The Bertz CT molecular complexity index is 521. The normalized spacial score (nSPS) is 32.3. The Balaban J connectivity index is 2.09. The Morgan fingerprint density at radius 1 is 1.35 bits per heavy atom. The number of carbonyl (C=O) groups is 2. The van der Waals surface area contributed by atoms with Crippen LogP contribution >= 0.6 is 23.2 Å². The second-order valence-corrected chi connectivity index (χ2v) is 7.65. The third kappa shape index (κ3) is 3.69. The van der Waals surface area contributed by atoms with Crippen molar-refractivity contribution in [2.45, 2.75) is 46.1 Å². The fraction of sp³-hybridized carbons (Fsp3) is 0.765. The van der Waals surface area contributed by atoms with E-state index in [4.69, 9.17) is 23.2 Å². The van der Waals surface area contributed by atoms with Gasteiger partial charge in [0.2, 0.25) is 11.8 Å². The van der Waals surface area contributed by atoms with Crippen molar-refractivity contribution in [2.75, 3.05) is 20.1 Å². The molecule has 0 radical (unpaired) electrons. The molecule has 1 heterocycles. The molecule has 0 spiro atoms. The van der Waals surface area contributed by atoms with Gasteiger partial charge in [-0.1, -0.05) is 37.0 Å². The maximum Gasteiger partial charge on any atom is 0.226 e. The number of amides is 2. The summed E-state index contributed by atoms with van der Waals surface area (Å²) in [7, 11) is 1.85. The largest absolute Gasteiger partial charge is 0.341 e. The third-order valence-electron chi connectivity index (χ3n) is 5.55. The van der Waals surface area contributed by atoms with Gasteiger partial charge in [-0.3, -0.25) is 9.59 Å². The van der Waals surface area contributed by atoms with Gasteiger partial charge in [-0.05, 0) is 31.6 Å². The van der Waals surface area contributed by atoms with Gasteiger partial charge in [-0.15, -0.1) is 0 Å². The van der Waals surface area contributed by atoms with Crippen LogP contribution in [0.2, 0.25) is 0 Å². The third-order valence-corrected chi connectivity index (χ3v) is 6.58. The van der Waals surface area contributed by atoms with Gasteiger partial charge in [0.25, 0.3) is 0 Å². The van der Waals surface area contributed by atoms with Gasteiger partial charge in [-0.25, -0.2) is 0 Å². The van der Waals surface area contributed by atoms with Crippen molar-refractivity contribution in [3.8, 4) is 0 Å². The lowest BCUT2D eigenvalue weighted by molar-refractivity contribution is -0.144. The van der Waals surface area contributed by atoms with Crippen LogP contribution in [0.25, 0.3) is 0 Å². The summed E-state index contributed by atoms with van der Waals surface area (Å²) < 4.78 is 0. The SMILES string of the molecule is CCN1CC(N(C)C(=O)C2CC(Cl)=C(Cl)C(C)C2C)CCC1=O. The van der Waals surface area contributed by atoms with Crippen molar-refractivity contribution in [1.82, 2.24) is 9.80 Å². The van der Waals surface area contributed by atoms with E-state index in [1.54, 1.807) is 0 Å². The van der Waals surface area contributed by atoms with E-state index in [2.05, 4.69) is 6.92 Å². The summed E-state index contributed by atoms with van der Waals surface area (Å²) >= 11 is 12.5. The summed E-state index contributed by atoms with van der Waals surface area (Å²) in [5.74, 6) is 0.412. The second-order valence-electron chi connectivity index (χ2n) is 6.79. The van der Waals surface area contributed by atoms with Crippen LogP contribution in [0.3, 0.4) is 0 Å². The van der Waals surface area contributed by atoms with Gasteiger partial charge in [0, 0.05) is 48.6 Å². The van der Waals surface area contributed by atoms with E-state index in [9.17, 15) is 9.59 Å². The van der Waals surface area contributed by atoms with Crippen LogP contribution in [0.5, 0.6) is 0 Å². The minimum absolute atomic E-state index is 0.0859. The zero-order valence-corrected chi connectivity index (χ0v) is 15.8. The molecule has 4 atom stereocenters. The number of likely N-dealkylation sites (tertiary alicyclic amines) is 1. The highest BCUT2D eigenvalue weighted by Crippen LogP contribution is 2.42. The zero-order valence-electron chi connectivity index (χ0n) is 14.3. The Labute approximate surface area is 148 Å². The van der Waals surface area contributed by atoms with E-state index in [0.29, 0.717) is 36.0 Å².